The lowest BCUT2D eigenvalue weighted by Crippen LogP contribution is -2.15. The average molecular weight is 284 g/mol. The second-order valence-corrected chi connectivity index (χ2v) is 5.97. The van der Waals surface area contributed by atoms with Crippen LogP contribution in [0, 0.1) is 5.92 Å². The summed E-state index contributed by atoms with van der Waals surface area (Å²) < 4.78 is 6.18. The van der Waals surface area contributed by atoms with E-state index in [4.69, 9.17) is 4.74 Å². The molecule has 3 rings (SSSR count). The maximum Gasteiger partial charge on any atom is 0.130 e. The van der Waals surface area contributed by atoms with Crippen molar-refractivity contribution < 1.29 is 4.74 Å². The zero-order valence-electron chi connectivity index (χ0n) is 12.8. The van der Waals surface area contributed by atoms with Crippen molar-refractivity contribution in [3.63, 3.8) is 0 Å². The van der Waals surface area contributed by atoms with Crippen LogP contribution < -0.4 is 10.1 Å². The van der Waals surface area contributed by atoms with Gasteiger partial charge in [0.1, 0.15) is 5.75 Å². The van der Waals surface area contributed by atoms with Gasteiger partial charge in [-0.25, -0.2) is 0 Å². The maximum atomic E-state index is 6.18. The number of benzene rings is 1. The summed E-state index contributed by atoms with van der Waals surface area (Å²) in [6.07, 6.45) is 6.73. The number of rotatable bonds is 5. The first kappa shape index (κ1) is 14.3. The van der Waals surface area contributed by atoms with E-state index in [9.17, 15) is 0 Å². The third-order valence-electron chi connectivity index (χ3n) is 4.29. The highest BCUT2D eigenvalue weighted by Crippen LogP contribution is 2.28. The molecule has 0 atom stereocenters. The van der Waals surface area contributed by atoms with Crippen LogP contribution in [0.1, 0.15) is 37.8 Å². The molecule has 1 heterocycles. The van der Waals surface area contributed by atoms with Crippen molar-refractivity contribution in [1.29, 1.82) is 0 Å². The van der Waals surface area contributed by atoms with Crippen molar-refractivity contribution in [2.75, 3.05) is 13.7 Å². The predicted octanol–water partition coefficient (Wildman–Crippen LogP) is 3.91. The molecule has 1 aliphatic carbocycles. The van der Waals surface area contributed by atoms with Crippen molar-refractivity contribution in [2.24, 2.45) is 5.92 Å². The minimum Gasteiger partial charge on any atom is -0.493 e. The summed E-state index contributed by atoms with van der Waals surface area (Å²) in [5, 5.41) is 4.28. The molecule has 0 radical (unpaired) electrons. The molecule has 21 heavy (non-hydrogen) atoms. The number of ether oxygens (including phenoxy) is 1. The van der Waals surface area contributed by atoms with Gasteiger partial charge in [0, 0.05) is 18.0 Å². The summed E-state index contributed by atoms with van der Waals surface area (Å²) in [6, 6.07) is 10.3. The van der Waals surface area contributed by atoms with Crippen LogP contribution >= 0.6 is 0 Å². The first-order chi connectivity index (χ1) is 10.4. The van der Waals surface area contributed by atoms with Crippen LogP contribution in [0.3, 0.4) is 0 Å². The highest BCUT2D eigenvalue weighted by atomic mass is 16.5. The quantitative estimate of drug-likeness (QED) is 0.903. The van der Waals surface area contributed by atoms with E-state index in [2.05, 4.69) is 34.6 Å². The molecule has 2 aromatic rings. The minimum absolute atomic E-state index is 0.721. The minimum atomic E-state index is 0.721. The highest BCUT2D eigenvalue weighted by Gasteiger charge is 2.15. The van der Waals surface area contributed by atoms with Crippen molar-refractivity contribution in [3.05, 3.63) is 36.0 Å². The standard InChI is InChI=1S/C18H24N2O/c1-19-12-15-11-18(16-9-5-6-10-17(16)20-15)21-13-14-7-3-2-4-8-14/h5-6,9-11,14,19H,2-4,7-8,12-13H2,1H3. The van der Waals surface area contributed by atoms with E-state index in [1.54, 1.807) is 0 Å². The fraction of sp³-hybridized carbons (Fsp3) is 0.500. The lowest BCUT2D eigenvalue weighted by Gasteiger charge is -2.22. The van der Waals surface area contributed by atoms with Crippen molar-refractivity contribution in [1.82, 2.24) is 10.3 Å². The molecule has 112 valence electrons. The fourth-order valence-corrected chi connectivity index (χ4v) is 3.15. The lowest BCUT2D eigenvalue weighted by molar-refractivity contribution is 0.210. The number of hydrogen-bond donors (Lipinski definition) is 1. The largest absolute Gasteiger partial charge is 0.493 e. The predicted molar refractivity (Wildman–Crippen MR) is 86.6 cm³/mol. The molecule has 0 aliphatic heterocycles. The van der Waals surface area contributed by atoms with Crippen LogP contribution in [0.5, 0.6) is 5.75 Å². The number of nitrogens with zero attached hydrogens (tertiary/aromatic N) is 1. The summed E-state index contributed by atoms with van der Waals surface area (Å²) in [5.41, 5.74) is 2.05. The number of hydrogen-bond acceptors (Lipinski definition) is 3. The third kappa shape index (κ3) is 3.53. The zero-order valence-corrected chi connectivity index (χ0v) is 12.8. The van der Waals surface area contributed by atoms with Crippen LogP contribution in [0.4, 0.5) is 0 Å². The first-order valence-electron chi connectivity index (χ1n) is 8.03. The maximum absolute atomic E-state index is 6.18. The van der Waals surface area contributed by atoms with Gasteiger partial charge in [-0.2, -0.15) is 0 Å². The van der Waals surface area contributed by atoms with E-state index in [1.165, 1.54) is 32.1 Å². The zero-order chi connectivity index (χ0) is 14.5. The van der Waals surface area contributed by atoms with Crippen molar-refractivity contribution in [3.8, 4) is 5.75 Å². The van der Waals surface area contributed by atoms with E-state index in [-0.39, 0.29) is 0 Å². The summed E-state index contributed by atoms with van der Waals surface area (Å²) in [4.78, 5) is 4.68. The molecule has 0 amide bonds. The first-order valence-corrected chi connectivity index (χ1v) is 8.03. The van der Waals surface area contributed by atoms with Gasteiger partial charge in [0.2, 0.25) is 0 Å². The van der Waals surface area contributed by atoms with E-state index < -0.39 is 0 Å². The second-order valence-electron chi connectivity index (χ2n) is 5.97. The molecule has 0 spiro atoms. The molecular formula is C18H24N2O. The Labute approximate surface area is 126 Å². The van der Waals surface area contributed by atoms with Gasteiger partial charge in [0.15, 0.2) is 0 Å². The van der Waals surface area contributed by atoms with Gasteiger partial charge in [0.05, 0.1) is 17.8 Å². The Kier molecular flexibility index (Phi) is 4.71. The summed E-state index contributed by atoms with van der Waals surface area (Å²) in [6.45, 7) is 1.61. The molecule has 0 unspecified atom stereocenters. The molecule has 1 N–H and O–H groups in total. The molecular weight excluding hydrogens is 260 g/mol. The van der Waals surface area contributed by atoms with Crippen molar-refractivity contribution in [2.45, 2.75) is 38.6 Å². The monoisotopic (exact) mass is 284 g/mol. The Morgan fingerprint density at radius 2 is 2.00 bits per heavy atom. The van der Waals surface area contributed by atoms with Gasteiger partial charge in [-0.15, -0.1) is 0 Å². The molecule has 1 aliphatic rings. The molecule has 1 aromatic carbocycles. The Morgan fingerprint density at radius 3 is 2.81 bits per heavy atom. The fourth-order valence-electron chi connectivity index (χ4n) is 3.15. The number of para-hydroxylation sites is 1. The van der Waals surface area contributed by atoms with Gasteiger partial charge in [-0.05, 0) is 37.9 Å². The number of nitrogens with one attached hydrogen (secondary N) is 1. The van der Waals surface area contributed by atoms with Crippen molar-refractivity contribution >= 4 is 10.9 Å². The van der Waals surface area contributed by atoms with Gasteiger partial charge < -0.3 is 10.1 Å². The SMILES string of the molecule is CNCc1cc(OCC2CCCCC2)c2ccccc2n1. The van der Waals surface area contributed by atoms with Gasteiger partial charge in [-0.3, -0.25) is 4.98 Å². The Hall–Kier alpha value is -1.61. The normalized spacial score (nSPS) is 16.2. The van der Waals surface area contributed by atoms with E-state index >= 15 is 0 Å². The Bertz CT molecular complexity index is 591. The summed E-state index contributed by atoms with van der Waals surface area (Å²) in [5.74, 6) is 1.70. The van der Waals surface area contributed by atoms with Crippen LogP contribution in [0.25, 0.3) is 10.9 Å². The van der Waals surface area contributed by atoms with E-state index in [0.717, 1.165) is 41.4 Å². The van der Waals surface area contributed by atoms with Crippen LogP contribution in [-0.4, -0.2) is 18.6 Å². The molecule has 1 saturated carbocycles. The smallest absolute Gasteiger partial charge is 0.130 e. The second kappa shape index (κ2) is 6.90. The summed E-state index contributed by atoms with van der Waals surface area (Å²) in [7, 11) is 1.94. The van der Waals surface area contributed by atoms with E-state index in [0.29, 0.717) is 0 Å². The van der Waals surface area contributed by atoms with Gasteiger partial charge in [0.25, 0.3) is 0 Å². The van der Waals surface area contributed by atoms with E-state index in [1.807, 2.05) is 13.1 Å². The van der Waals surface area contributed by atoms with Crippen LogP contribution in [-0.2, 0) is 6.54 Å². The van der Waals surface area contributed by atoms with Gasteiger partial charge in [-0.1, -0.05) is 31.4 Å². The molecule has 1 aromatic heterocycles. The average Bonchev–Trinajstić information content (AvgIpc) is 2.54. The van der Waals surface area contributed by atoms with Crippen LogP contribution in [0.15, 0.2) is 30.3 Å². The third-order valence-corrected chi connectivity index (χ3v) is 4.29. The van der Waals surface area contributed by atoms with Crippen LogP contribution in [0.2, 0.25) is 0 Å². The molecule has 0 saturated heterocycles. The topological polar surface area (TPSA) is 34.1 Å². The van der Waals surface area contributed by atoms with Gasteiger partial charge >= 0.3 is 0 Å². The molecule has 0 bridgehead atoms. The Morgan fingerprint density at radius 1 is 1.19 bits per heavy atom. The lowest BCUT2D eigenvalue weighted by atomic mass is 9.90. The highest BCUT2D eigenvalue weighted by molar-refractivity contribution is 5.85. The molecule has 3 heteroatoms. The number of pyridine rings is 1. The number of fused-ring (bicyclic) bond motifs is 1. The number of aromatic nitrogens is 1. The Balaban J connectivity index is 1.81. The molecule has 3 nitrogen and oxygen atoms in total. The molecule has 1 fully saturated rings. The summed E-state index contributed by atoms with van der Waals surface area (Å²) >= 11 is 0.